The van der Waals surface area contributed by atoms with Crippen LogP contribution in [-0.4, -0.2) is 40.1 Å². The van der Waals surface area contributed by atoms with Gasteiger partial charge in [0.15, 0.2) is 5.13 Å². The molecule has 0 bridgehead atoms. The molecular formula is C17H23N3O2S. The van der Waals surface area contributed by atoms with E-state index < -0.39 is 0 Å². The number of anilines is 1. The van der Waals surface area contributed by atoms with Crippen molar-refractivity contribution < 1.29 is 9.90 Å². The third-order valence-electron chi connectivity index (χ3n) is 3.61. The fourth-order valence-electron chi connectivity index (χ4n) is 2.31. The predicted octanol–water partition coefficient (Wildman–Crippen LogP) is 2.66. The van der Waals surface area contributed by atoms with E-state index in [1.807, 2.05) is 49.6 Å². The molecule has 2 aromatic rings. The lowest BCUT2D eigenvalue weighted by atomic mass is 10.1. The third kappa shape index (κ3) is 5.74. The number of carbonyl (C=O) groups is 1. The highest BCUT2D eigenvalue weighted by Crippen LogP contribution is 2.15. The van der Waals surface area contributed by atoms with Gasteiger partial charge in [-0.25, -0.2) is 4.98 Å². The molecule has 1 heterocycles. The fraction of sp³-hybridized carbons (Fsp3) is 0.412. The number of rotatable bonds is 8. The minimum Gasteiger partial charge on any atom is -0.396 e. The van der Waals surface area contributed by atoms with Gasteiger partial charge in [-0.05, 0) is 25.8 Å². The molecule has 1 atom stereocenters. The highest BCUT2D eigenvalue weighted by molar-refractivity contribution is 7.13. The van der Waals surface area contributed by atoms with Gasteiger partial charge in [0.2, 0.25) is 5.91 Å². The molecule has 0 radical (unpaired) electrons. The van der Waals surface area contributed by atoms with Crippen molar-refractivity contribution in [1.82, 2.24) is 9.88 Å². The van der Waals surface area contributed by atoms with Gasteiger partial charge in [-0.2, -0.15) is 0 Å². The van der Waals surface area contributed by atoms with Crippen molar-refractivity contribution >= 4 is 22.4 Å². The second-order valence-electron chi connectivity index (χ2n) is 5.59. The van der Waals surface area contributed by atoms with Crippen molar-refractivity contribution in [1.29, 1.82) is 0 Å². The van der Waals surface area contributed by atoms with Gasteiger partial charge < -0.3 is 10.4 Å². The second kappa shape index (κ2) is 8.76. The number of hydrogen-bond acceptors (Lipinski definition) is 5. The quantitative estimate of drug-likeness (QED) is 0.779. The molecule has 0 aliphatic rings. The van der Waals surface area contributed by atoms with Crippen LogP contribution in [-0.2, 0) is 11.3 Å². The number of aryl methyl sites for hydroxylation is 1. The van der Waals surface area contributed by atoms with Crippen LogP contribution in [0.15, 0.2) is 35.7 Å². The van der Waals surface area contributed by atoms with Gasteiger partial charge in [-0.15, -0.1) is 11.3 Å². The second-order valence-corrected chi connectivity index (χ2v) is 6.45. The molecule has 0 spiro atoms. The molecule has 2 rings (SSSR count). The van der Waals surface area contributed by atoms with Gasteiger partial charge >= 0.3 is 0 Å². The fourth-order valence-corrected chi connectivity index (χ4v) is 3.01. The average Bonchev–Trinajstić information content (AvgIpc) is 2.93. The van der Waals surface area contributed by atoms with Crippen LogP contribution in [0, 0.1) is 6.92 Å². The van der Waals surface area contributed by atoms with E-state index in [0.29, 0.717) is 18.1 Å². The number of aliphatic hydroxyl groups is 1. The Balaban J connectivity index is 1.99. The summed E-state index contributed by atoms with van der Waals surface area (Å²) in [6.45, 7) is 4.98. The number of aliphatic hydroxyl groups excluding tert-OH is 1. The van der Waals surface area contributed by atoms with E-state index in [4.69, 9.17) is 0 Å². The highest BCUT2D eigenvalue weighted by atomic mass is 32.1. The maximum absolute atomic E-state index is 12.3. The number of nitrogens with one attached hydrogen (secondary N) is 1. The Morgan fingerprint density at radius 1 is 1.39 bits per heavy atom. The van der Waals surface area contributed by atoms with Gasteiger partial charge in [-0.1, -0.05) is 30.3 Å². The first kappa shape index (κ1) is 17.6. The molecule has 1 amide bonds. The molecule has 2 N–H and O–H groups in total. The molecular weight excluding hydrogens is 310 g/mol. The Kier molecular flexibility index (Phi) is 6.70. The third-order valence-corrected chi connectivity index (χ3v) is 4.49. The molecule has 1 aromatic heterocycles. The molecule has 0 fully saturated rings. The SMILES string of the molecule is Cc1csc(NC(=O)CN(Cc2ccccc2)C(C)CCO)n1. The topological polar surface area (TPSA) is 65.5 Å². The summed E-state index contributed by atoms with van der Waals surface area (Å²) in [7, 11) is 0. The van der Waals surface area contributed by atoms with E-state index >= 15 is 0 Å². The summed E-state index contributed by atoms with van der Waals surface area (Å²) in [5.74, 6) is -0.0833. The average molecular weight is 333 g/mol. The molecule has 1 aromatic carbocycles. The minimum absolute atomic E-state index is 0.0833. The number of aromatic nitrogens is 1. The van der Waals surface area contributed by atoms with Crippen LogP contribution in [0.25, 0.3) is 0 Å². The Labute approximate surface area is 141 Å². The maximum Gasteiger partial charge on any atom is 0.240 e. The number of hydrogen-bond donors (Lipinski definition) is 2. The number of benzene rings is 1. The van der Waals surface area contributed by atoms with E-state index in [1.54, 1.807) is 0 Å². The van der Waals surface area contributed by atoms with Gasteiger partial charge in [0.1, 0.15) is 0 Å². The lowest BCUT2D eigenvalue weighted by Crippen LogP contribution is -2.39. The van der Waals surface area contributed by atoms with Crippen LogP contribution < -0.4 is 5.32 Å². The van der Waals surface area contributed by atoms with Crippen molar-refractivity contribution in [2.24, 2.45) is 0 Å². The lowest BCUT2D eigenvalue weighted by molar-refractivity contribution is -0.118. The molecule has 1 unspecified atom stereocenters. The molecule has 23 heavy (non-hydrogen) atoms. The van der Waals surface area contributed by atoms with Crippen LogP contribution >= 0.6 is 11.3 Å². The monoisotopic (exact) mass is 333 g/mol. The van der Waals surface area contributed by atoms with Crippen molar-refractivity contribution in [3.8, 4) is 0 Å². The Bertz CT molecular complexity index is 615. The first-order valence-corrected chi connectivity index (χ1v) is 8.57. The summed E-state index contributed by atoms with van der Waals surface area (Å²) in [4.78, 5) is 18.6. The van der Waals surface area contributed by atoms with Crippen molar-refractivity contribution in [2.75, 3.05) is 18.5 Å². The first-order valence-electron chi connectivity index (χ1n) is 7.69. The minimum atomic E-state index is -0.0833. The predicted molar refractivity (Wildman–Crippen MR) is 93.5 cm³/mol. The lowest BCUT2D eigenvalue weighted by Gasteiger charge is -2.28. The number of nitrogens with zero attached hydrogens (tertiary/aromatic N) is 2. The largest absolute Gasteiger partial charge is 0.396 e. The number of thiazole rings is 1. The summed E-state index contributed by atoms with van der Waals surface area (Å²) in [6, 6.07) is 10.2. The normalized spacial score (nSPS) is 12.3. The van der Waals surface area contributed by atoms with Gasteiger partial charge in [-0.3, -0.25) is 9.69 Å². The van der Waals surface area contributed by atoms with Gasteiger partial charge in [0, 0.05) is 24.6 Å². The van der Waals surface area contributed by atoms with E-state index in [9.17, 15) is 9.90 Å². The molecule has 5 nitrogen and oxygen atoms in total. The highest BCUT2D eigenvalue weighted by Gasteiger charge is 2.18. The summed E-state index contributed by atoms with van der Waals surface area (Å²) in [5, 5.41) is 14.6. The summed E-state index contributed by atoms with van der Waals surface area (Å²) >= 11 is 1.43. The maximum atomic E-state index is 12.3. The zero-order valence-electron chi connectivity index (χ0n) is 13.5. The molecule has 124 valence electrons. The molecule has 0 saturated carbocycles. The molecule has 6 heteroatoms. The van der Waals surface area contributed by atoms with Crippen LogP contribution in [0.1, 0.15) is 24.6 Å². The summed E-state index contributed by atoms with van der Waals surface area (Å²) < 4.78 is 0. The standard InChI is InChI=1S/C17H23N3O2S/c1-13-12-23-17(18-13)19-16(22)11-20(14(2)8-9-21)10-15-6-4-3-5-7-15/h3-7,12,14,21H,8-11H2,1-2H3,(H,18,19,22). The Morgan fingerprint density at radius 3 is 2.74 bits per heavy atom. The first-order chi connectivity index (χ1) is 11.1. The van der Waals surface area contributed by atoms with Gasteiger partial charge in [0.05, 0.1) is 12.2 Å². The van der Waals surface area contributed by atoms with Crippen LogP contribution in [0.2, 0.25) is 0 Å². The van der Waals surface area contributed by atoms with Crippen LogP contribution in [0.4, 0.5) is 5.13 Å². The molecule has 0 aliphatic heterocycles. The van der Waals surface area contributed by atoms with Crippen molar-refractivity contribution in [3.05, 3.63) is 47.0 Å². The number of carbonyl (C=O) groups excluding carboxylic acids is 1. The van der Waals surface area contributed by atoms with E-state index in [2.05, 4.69) is 15.2 Å². The van der Waals surface area contributed by atoms with E-state index in [0.717, 1.165) is 11.3 Å². The van der Waals surface area contributed by atoms with Crippen LogP contribution in [0.3, 0.4) is 0 Å². The molecule has 0 saturated heterocycles. The smallest absolute Gasteiger partial charge is 0.240 e. The van der Waals surface area contributed by atoms with Crippen LogP contribution in [0.5, 0.6) is 0 Å². The van der Waals surface area contributed by atoms with Crippen molar-refractivity contribution in [2.45, 2.75) is 32.9 Å². The van der Waals surface area contributed by atoms with Crippen molar-refractivity contribution in [3.63, 3.8) is 0 Å². The molecule has 0 aliphatic carbocycles. The van der Waals surface area contributed by atoms with Gasteiger partial charge in [0.25, 0.3) is 0 Å². The van der Waals surface area contributed by atoms with E-state index in [-0.39, 0.29) is 25.1 Å². The zero-order valence-corrected chi connectivity index (χ0v) is 14.3. The summed E-state index contributed by atoms with van der Waals surface area (Å²) in [5.41, 5.74) is 2.05. The number of amides is 1. The Morgan fingerprint density at radius 2 is 2.13 bits per heavy atom. The zero-order chi connectivity index (χ0) is 16.7. The Hall–Kier alpha value is -1.76. The summed E-state index contributed by atoms with van der Waals surface area (Å²) in [6.07, 6.45) is 0.635. The van der Waals surface area contributed by atoms with E-state index in [1.165, 1.54) is 11.3 Å².